The number of hydrogen-bond donors (Lipinski definition) is 2. The van der Waals surface area contributed by atoms with Crippen LogP contribution in [0.2, 0.25) is 0 Å². The smallest absolute Gasteiger partial charge is 0.349 e. The van der Waals surface area contributed by atoms with Crippen LogP contribution in [-0.4, -0.2) is 53.5 Å². The fourth-order valence-electron chi connectivity index (χ4n) is 1.92. The van der Waals surface area contributed by atoms with Crippen molar-refractivity contribution in [3.63, 3.8) is 0 Å². The third-order valence-electron chi connectivity index (χ3n) is 2.82. The lowest BCUT2D eigenvalue weighted by molar-refractivity contribution is -0.383. The number of nitrogens with zero attached hydrogens (tertiary/aromatic N) is 5. The highest BCUT2D eigenvalue weighted by Crippen LogP contribution is 2.31. The van der Waals surface area contributed by atoms with Crippen LogP contribution in [0.5, 0.6) is 0 Å². The lowest BCUT2D eigenvalue weighted by Crippen LogP contribution is -2.35. The predicted octanol–water partition coefficient (Wildman–Crippen LogP) is 0.694. The van der Waals surface area contributed by atoms with Crippen LogP contribution in [0.4, 0.5) is 17.3 Å². The maximum atomic E-state index is 11.3. The van der Waals surface area contributed by atoms with Crippen molar-refractivity contribution in [3.05, 3.63) is 16.4 Å². The van der Waals surface area contributed by atoms with E-state index in [1.54, 1.807) is 0 Å². The number of nitrogens with one attached hydrogen (secondary N) is 1. The van der Waals surface area contributed by atoms with Gasteiger partial charge in [-0.25, -0.2) is 15.8 Å². The molecule has 9 heteroatoms. The summed E-state index contributed by atoms with van der Waals surface area (Å²) in [5.41, 5.74) is 2.07. The van der Waals surface area contributed by atoms with Gasteiger partial charge in [0.2, 0.25) is 11.6 Å². The lowest BCUT2D eigenvalue weighted by Gasteiger charge is -2.26. The van der Waals surface area contributed by atoms with E-state index in [2.05, 4.69) is 29.2 Å². The number of nitro groups is 1. The minimum Gasteiger partial charge on any atom is -0.349 e. The zero-order chi connectivity index (χ0) is 16.0. The van der Waals surface area contributed by atoms with Crippen molar-refractivity contribution < 1.29 is 4.92 Å². The van der Waals surface area contributed by atoms with E-state index >= 15 is 0 Å². The number of nitrogens with two attached hydrogens (primary N) is 1. The summed E-state index contributed by atoms with van der Waals surface area (Å²) in [6.45, 7) is 6.16. The van der Waals surface area contributed by atoms with Crippen LogP contribution in [0.25, 0.3) is 0 Å². The lowest BCUT2D eigenvalue weighted by atomic mass is 10.2. The molecule has 0 amide bonds. The molecule has 0 unspecified atom stereocenters. The van der Waals surface area contributed by atoms with Gasteiger partial charge in [0.15, 0.2) is 0 Å². The van der Waals surface area contributed by atoms with Crippen LogP contribution in [0, 0.1) is 16.0 Å². The molecule has 0 aliphatic heterocycles. The van der Waals surface area contributed by atoms with Gasteiger partial charge in [-0.1, -0.05) is 13.8 Å². The van der Waals surface area contributed by atoms with Gasteiger partial charge in [-0.3, -0.25) is 10.1 Å². The molecule has 0 aliphatic rings. The summed E-state index contributed by atoms with van der Waals surface area (Å²) in [5, 5.41) is 11.3. The summed E-state index contributed by atoms with van der Waals surface area (Å²) in [4.78, 5) is 22.6. The topological polar surface area (TPSA) is 113 Å². The molecular formula is C12H23N7O2. The Bertz CT molecular complexity index is 479. The average Bonchev–Trinajstić information content (AvgIpc) is 2.41. The molecule has 0 aliphatic carbocycles. The van der Waals surface area contributed by atoms with Crippen molar-refractivity contribution in [2.75, 3.05) is 44.1 Å². The summed E-state index contributed by atoms with van der Waals surface area (Å²) in [5.74, 6) is 5.96. The SMILES string of the molecule is CC(C)CN(CCN(C)C)c1ncnc(NN)c1[N+](=O)[O-]. The minimum atomic E-state index is -0.506. The molecule has 21 heavy (non-hydrogen) atoms. The molecule has 0 fully saturated rings. The number of nitrogen functional groups attached to an aromatic ring is 1. The Hall–Kier alpha value is -2.00. The van der Waals surface area contributed by atoms with Gasteiger partial charge >= 0.3 is 5.69 Å². The first kappa shape index (κ1) is 17.1. The van der Waals surface area contributed by atoms with Crippen molar-refractivity contribution in [1.29, 1.82) is 0 Å². The number of anilines is 2. The summed E-state index contributed by atoms with van der Waals surface area (Å²) >= 11 is 0. The first-order valence-corrected chi connectivity index (χ1v) is 6.72. The van der Waals surface area contributed by atoms with Crippen LogP contribution in [-0.2, 0) is 0 Å². The highest BCUT2D eigenvalue weighted by molar-refractivity contribution is 5.69. The second-order valence-electron chi connectivity index (χ2n) is 5.44. The number of hydrazine groups is 1. The number of aromatic nitrogens is 2. The van der Waals surface area contributed by atoms with Gasteiger partial charge in [-0.05, 0) is 20.0 Å². The third kappa shape index (κ3) is 4.80. The monoisotopic (exact) mass is 297 g/mol. The Morgan fingerprint density at radius 3 is 2.52 bits per heavy atom. The number of rotatable bonds is 8. The molecule has 0 radical (unpaired) electrons. The van der Waals surface area contributed by atoms with Gasteiger partial charge in [0, 0.05) is 19.6 Å². The quantitative estimate of drug-likeness (QED) is 0.409. The van der Waals surface area contributed by atoms with Crippen LogP contribution in [0.1, 0.15) is 13.8 Å². The van der Waals surface area contributed by atoms with Gasteiger partial charge in [-0.15, -0.1) is 0 Å². The highest BCUT2D eigenvalue weighted by Gasteiger charge is 2.27. The maximum Gasteiger partial charge on any atom is 0.354 e. The van der Waals surface area contributed by atoms with Gasteiger partial charge in [0.25, 0.3) is 0 Å². The molecule has 3 N–H and O–H groups in total. The van der Waals surface area contributed by atoms with Gasteiger partial charge < -0.3 is 15.2 Å². The molecule has 0 saturated heterocycles. The Morgan fingerprint density at radius 2 is 2.05 bits per heavy atom. The molecule has 1 aromatic rings. The summed E-state index contributed by atoms with van der Waals surface area (Å²) < 4.78 is 0. The first-order valence-electron chi connectivity index (χ1n) is 6.72. The summed E-state index contributed by atoms with van der Waals surface area (Å²) in [6, 6.07) is 0. The van der Waals surface area contributed by atoms with Crippen molar-refractivity contribution >= 4 is 17.3 Å². The summed E-state index contributed by atoms with van der Waals surface area (Å²) in [6.07, 6.45) is 1.28. The molecule has 0 saturated carbocycles. The molecule has 0 aromatic carbocycles. The Kier molecular flexibility index (Phi) is 6.25. The zero-order valence-corrected chi connectivity index (χ0v) is 12.9. The zero-order valence-electron chi connectivity index (χ0n) is 12.9. The molecule has 118 valence electrons. The molecule has 9 nitrogen and oxygen atoms in total. The van der Waals surface area contributed by atoms with E-state index in [-0.39, 0.29) is 11.5 Å². The number of hydrogen-bond acceptors (Lipinski definition) is 8. The molecule has 0 spiro atoms. The average molecular weight is 297 g/mol. The Labute approximate surface area is 124 Å². The van der Waals surface area contributed by atoms with E-state index in [0.29, 0.717) is 24.8 Å². The standard InChI is InChI=1S/C12H23N7O2/c1-9(2)7-18(6-5-17(3)4)12-10(19(20)21)11(16-13)14-8-15-12/h8-9H,5-7,13H2,1-4H3,(H,14,15,16). The predicted molar refractivity (Wildman–Crippen MR) is 82.1 cm³/mol. The second-order valence-corrected chi connectivity index (χ2v) is 5.44. The van der Waals surface area contributed by atoms with E-state index in [0.717, 1.165) is 6.54 Å². The normalized spacial score (nSPS) is 11.0. The maximum absolute atomic E-state index is 11.3. The van der Waals surface area contributed by atoms with Crippen molar-refractivity contribution in [2.24, 2.45) is 11.8 Å². The van der Waals surface area contributed by atoms with Gasteiger partial charge in [-0.2, -0.15) is 0 Å². The fraction of sp³-hybridized carbons (Fsp3) is 0.667. The Balaban J connectivity index is 3.19. The van der Waals surface area contributed by atoms with E-state index in [1.807, 2.05) is 23.9 Å². The molecule has 0 atom stereocenters. The van der Waals surface area contributed by atoms with Crippen LogP contribution >= 0.6 is 0 Å². The minimum absolute atomic E-state index is 0.0172. The van der Waals surface area contributed by atoms with E-state index in [4.69, 9.17) is 5.84 Å². The molecule has 1 heterocycles. The molecule has 1 rings (SSSR count). The van der Waals surface area contributed by atoms with E-state index in [9.17, 15) is 10.1 Å². The van der Waals surface area contributed by atoms with Crippen molar-refractivity contribution in [3.8, 4) is 0 Å². The van der Waals surface area contributed by atoms with Crippen molar-refractivity contribution in [1.82, 2.24) is 14.9 Å². The summed E-state index contributed by atoms with van der Waals surface area (Å²) in [7, 11) is 3.91. The number of likely N-dealkylation sites (N-methyl/N-ethyl adjacent to an activating group) is 1. The van der Waals surface area contributed by atoms with Gasteiger partial charge in [0.05, 0.1) is 4.92 Å². The Morgan fingerprint density at radius 1 is 1.38 bits per heavy atom. The molecule has 1 aromatic heterocycles. The first-order chi connectivity index (χ1) is 9.86. The van der Waals surface area contributed by atoms with Gasteiger partial charge in [0.1, 0.15) is 6.33 Å². The van der Waals surface area contributed by atoms with Crippen LogP contribution < -0.4 is 16.2 Å². The highest BCUT2D eigenvalue weighted by atomic mass is 16.6. The van der Waals surface area contributed by atoms with E-state index < -0.39 is 4.92 Å². The van der Waals surface area contributed by atoms with Crippen molar-refractivity contribution in [2.45, 2.75) is 13.8 Å². The molecule has 0 bridgehead atoms. The van der Waals surface area contributed by atoms with E-state index in [1.165, 1.54) is 6.33 Å². The largest absolute Gasteiger partial charge is 0.354 e. The van der Waals surface area contributed by atoms with Crippen LogP contribution in [0.15, 0.2) is 6.33 Å². The fourth-order valence-corrected chi connectivity index (χ4v) is 1.92. The van der Waals surface area contributed by atoms with Crippen LogP contribution in [0.3, 0.4) is 0 Å². The molecular weight excluding hydrogens is 274 g/mol. The third-order valence-corrected chi connectivity index (χ3v) is 2.82. The second kappa shape index (κ2) is 7.70.